The predicted octanol–water partition coefficient (Wildman–Crippen LogP) is 12.5. The molecule has 1 aliphatic rings. The first-order valence-electron chi connectivity index (χ1n) is 17.2. The molecule has 1 heterocycles. The number of fused-ring (bicyclic) bond motifs is 3. The molecule has 7 aromatic carbocycles. The molecule has 0 spiro atoms. The summed E-state index contributed by atoms with van der Waals surface area (Å²) in [6, 6.07) is 60.0. The second kappa shape index (κ2) is 12.9. The van der Waals surface area contributed by atoms with Crippen LogP contribution in [0.1, 0.15) is 12.0 Å². The summed E-state index contributed by atoms with van der Waals surface area (Å²) < 4.78 is 6.37. The molecule has 0 saturated carbocycles. The molecule has 0 aliphatic heterocycles. The van der Waals surface area contributed by atoms with Crippen LogP contribution in [0.5, 0.6) is 0 Å². The molecule has 3 heteroatoms. The number of hydrogen-bond acceptors (Lipinski definition) is 3. The molecule has 0 fully saturated rings. The highest BCUT2D eigenvalue weighted by atomic mass is 16.3. The van der Waals surface area contributed by atoms with Gasteiger partial charge in [0.1, 0.15) is 5.52 Å². The fraction of sp³-hybridized carbons (Fsp3) is 0.0426. The van der Waals surface area contributed by atoms with Gasteiger partial charge in [-0.05, 0) is 87.7 Å². The number of hydrogen-bond donors (Lipinski definition) is 0. The minimum atomic E-state index is 0.166. The lowest BCUT2D eigenvalue weighted by atomic mass is 9.94. The lowest BCUT2D eigenvalue weighted by Gasteiger charge is -2.33. The van der Waals surface area contributed by atoms with Gasteiger partial charge in [0.15, 0.2) is 5.58 Å². The summed E-state index contributed by atoms with van der Waals surface area (Å²) in [5.41, 5.74) is 12.2. The minimum Gasteiger partial charge on any atom is -0.435 e. The molecule has 50 heavy (non-hydrogen) atoms. The van der Waals surface area contributed by atoms with Crippen molar-refractivity contribution in [1.29, 1.82) is 0 Å². The second-order valence-electron chi connectivity index (χ2n) is 12.7. The Labute approximate surface area is 292 Å². The Kier molecular flexibility index (Phi) is 7.64. The largest absolute Gasteiger partial charge is 0.435 e. The monoisotopic (exact) mass is 642 g/mol. The fourth-order valence-corrected chi connectivity index (χ4v) is 7.12. The molecule has 0 radical (unpaired) electrons. The van der Waals surface area contributed by atoms with Crippen LogP contribution in [-0.4, -0.2) is 11.0 Å². The molecule has 0 amide bonds. The smallest absolute Gasteiger partial charge is 0.227 e. The van der Waals surface area contributed by atoms with Crippen LogP contribution in [0.15, 0.2) is 193 Å². The Bertz CT molecular complexity index is 2480. The molecule has 1 aliphatic carbocycles. The van der Waals surface area contributed by atoms with Gasteiger partial charge in [0.25, 0.3) is 0 Å². The third-order valence-corrected chi connectivity index (χ3v) is 9.64. The number of allylic oxidation sites excluding steroid dienone is 2. The van der Waals surface area contributed by atoms with Crippen LogP contribution < -0.4 is 4.90 Å². The summed E-state index contributed by atoms with van der Waals surface area (Å²) in [6.07, 6.45) is 7.88. The van der Waals surface area contributed by atoms with Gasteiger partial charge in [0.05, 0.1) is 6.04 Å². The van der Waals surface area contributed by atoms with Gasteiger partial charge in [0.2, 0.25) is 5.89 Å². The number of nitrogens with zero attached hydrogens (tertiary/aromatic N) is 2. The fourth-order valence-electron chi connectivity index (χ4n) is 7.12. The summed E-state index contributed by atoms with van der Waals surface area (Å²) in [7, 11) is 0. The number of benzene rings is 7. The first-order valence-corrected chi connectivity index (χ1v) is 17.2. The first kappa shape index (κ1) is 29.7. The molecule has 238 valence electrons. The average molecular weight is 643 g/mol. The van der Waals surface area contributed by atoms with Crippen LogP contribution in [0.2, 0.25) is 0 Å². The van der Waals surface area contributed by atoms with E-state index in [0.29, 0.717) is 5.89 Å². The Morgan fingerprint density at radius 1 is 0.520 bits per heavy atom. The van der Waals surface area contributed by atoms with Crippen molar-refractivity contribution in [2.45, 2.75) is 12.5 Å². The molecule has 0 saturated heterocycles. The van der Waals surface area contributed by atoms with E-state index < -0.39 is 0 Å². The molecule has 0 bridgehead atoms. The van der Waals surface area contributed by atoms with E-state index in [1.165, 1.54) is 22.3 Å². The van der Waals surface area contributed by atoms with Gasteiger partial charge in [-0.3, -0.25) is 0 Å². The highest BCUT2D eigenvalue weighted by Crippen LogP contribution is 2.39. The summed E-state index contributed by atoms with van der Waals surface area (Å²) in [4.78, 5) is 7.39. The predicted molar refractivity (Wildman–Crippen MR) is 208 cm³/mol. The number of anilines is 2. The van der Waals surface area contributed by atoms with Crippen molar-refractivity contribution in [3.05, 3.63) is 194 Å². The Hall–Kier alpha value is -6.45. The minimum absolute atomic E-state index is 0.166. The van der Waals surface area contributed by atoms with Gasteiger partial charge in [0, 0.05) is 22.3 Å². The highest BCUT2D eigenvalue weighted by Gasteiger charge is 2.22. The molecule has 9 rings (SSSR count). The average Bonchev–Trinajstić information content (AvgIpc) is 3.65. The van der Waals surface area contributed by atoms with Crippen molar-refractivity contribution in [3.8, 4) is 33.7 Å². The molecular weight excluding hydrogens is 609 g/mol. The summed E-state index contributed by atoms with van der Waals surface area (Å²) in [5.74, 6) is 0.636. The van der Waals surface area contributed by atoms with Crippen LogP contribution in [0.25, 0.3) is 61.2 Å². The van der Waals surface area contributed by atoms with Gasteiger partial charge >= 0.3 is 0 Å². The molecular formula is C47H34N2O. The Morgan fingerprint density at radius 3 is 1.68 bits per heavy atom. The van der Waals surface area contributed by atoms with E-state index in [2.05, 4.69) is 163 Å². The maximum absolute atomic E-state index is 6.37. The molecule has 8 aromatic rings. The van der Waals surface area contributed by atoms with Crippen LogP contribution in [0.3, 0.4) is 0 Å². The van der Waals surface area contributed by atoms with E-state index >= 15 is 0 Å². The third-order valence-electron chi connectivity index (χ3n) is 9.64. The highest BCUT2D eigenvalue weighted by molar-refractivity contribution is 6.11. The zero-order valence-electron chi connectivity index (χ0n) is 27.5. The van der Waals surface area contributed by atoms with E-state index in [0.717, 1.165) is 56.4 Å². The summed E-state index contributed by atoms with van der Waals surface area (Å²) >= 11 is 0. The van der Waals surface area contributed by atoms with Crippen LogP contribution in [-0.2, 0) is 0 Å². The maximum Gasteiger partial charge on any atom is 0.227 e. The standard InChI is InChI=1S/C47H34N2O/c1-4-12-33(13-5-1)35-20-26-39(27-21-35)49(40-28-22-36(23-29-40)34-14-6-2-7-15-34)41-30-24-37(25-31-41)44-32-45-46(43-19-11-10-18-42(43)44)50-47(48-45)38-16-8-3-9-17-38/h1-28,30-32,40H,29H2. The topological polar surface area (TPSA) is 29.3 Å². The second-order valence-corrected chi connectivity index (χ2v) is 12.7. The van der Waals surface area contributed by atoms with Gasteiger partial charge in [-0.15, -0.1) is 0 Å². The molecule has 1 aromatic heterocycles. The number of aromatic nitrogens is 1. The van der Waals surface area contributed by atoms with E-state index in [9.17, 15) is 0 Å². The van der Waals surface area contributed by atoms with Crippen LogP contribution >= 0.6 is 0 Å². The number of oxazole rings is 1. The van der Waals surface area contributed by atoms with Crippen molar-refractivity contribution >= 4 is 38.8 Å². The first-order chi connectivity index (χ1) is 24.8. The van der Waals surface area contributed by atoms with Gasteiger partial charge in [-0.2, -0.15) is 0 Å². The van der Waals surface area contributed by atoms with E-state index in [4.69, 9.17) is 9.40 Å². The Morgan fingerprint density at radius 2 is 1.06 bits per heavy atom. The normalized spacial score (nSPS) is 14.2. The number of rotatable bonds is 7. The van der Waals surface area contributed by atoms with Crippen molar-refractivity contribution in [3.63, 3.8) is 0 Å². The summed E-state index contributed by atoms with van der Waals surface area (Å²) in [6.45, 7) is 0. The van der Waals surface area contributed by atoms with Gasteiger partial charge in [-0.1, -0.05) is 146 Å². The van der Waals surface area contributed by atoms with Gasteiger partial charge < -0.3 is 9.32 Å². The molecule has 0 N–H and O–H groups in total. The van der Waals surface area contributed by atoms with E-state index in [-0.39, 0.29) is 6.04 Å². The van der Waals surface area contributed by atoms with E-state index in [1.807, 2.05) is 30.3 Å². The van der Waals surface area contributed by atoms with Crippen molar-refractivity contribution < 1.29 is 4.42 Å². The zero-order valence-corrected chi connectivity index (χ0v) is 27.5. The quantitative estimate of drug-likeness (QED) is 0.173. The SMILES string of the molecule is C1=CC(N(c2ccc(-c3ccccc3)cc2)c2ccc(-c3cc4nc(-c5ccccc5)oc4c4ccccc34)cc2)CC=C1c1ccccc1. The lowest BCUT2D eigenvalue weighted by Crippen LogP contribution is -2.30. The van der Waals surface area contributed by atoms with Crippen molar-refractivity contribution in [2.75, 3.05) is 4.90 Å². The zero-order chi connectivity index (χ0) is 33.3. The third kappa shape index (κ3) is 5.59. The lowest BCUT2D eigenvalue weighted by molar-refractivity contribution is 0.623. The van der Waals surface area contributed by atoms with Gasteiger partial charge in [-0.25, -0.2) is 4.98 Å². The summed E-state index contributed by atoms with van der Waals surface area (Å²) in [5, 5.41) is 2.21. The van der Waals surface area contributed by atoms with Crippen molar-refractivity contribution in [1.82, 2.24) is 4.98 Å². The van der Waals surface area contributed by atoms with Crippen molar-refractivity contribution in [2.24, 2.45) is 0 Å². The molecule has 1 atom stereocenters. The van der Waals surface area contributed by atoms with E-state index in [1.54, 1.807) is 0 Å². The Balaban J connectivity index is 1.09. The maximum atomic E-state index is 6.37. The van der Waals surface area contributed by atoms with Crippen LogP contribution in [0, 0.1) is 0 Å². The molecule has 3 nitrogen and oxygen atoms in total. The molecule has 1 unspecified atom stereocenters. The van der Waals surface area contributed by atoms with Crippen LogP contribution in [0.4, 0.5) is 11.4 Å².